The fourth-order valence-electron chi connectivity index (χ4n) is 0.534. The van der Waals surface area contributed by atoms with Gasteiger partial charge in [-0.05, 0) is 0 Å². The van der Waals surface area contributed by atoms with Crippen molar-refractivity contribution in [1.82, 2.24) is 15.3 Å². The molecule has 1 heterocycles. The summed E-state index contributed by atoms with van der Waals surface area (Å²) in [6.07, 6.45) is 3.95. The number of hydrogen-bond acceptors (Lipinski definition) is 2. The van der Waals surface area contributed by atoms with Gasteiger partial charge in [-0.15, -0.1) is 0 Å². The third-order valence-corrected chi connectivity index (χ3v) is 0.921. The van der Waals surface area contributed by atoms with E-state index in [0.717, 1.165) is 5.69 Å². The van der Waals surface area contributed by atoms with Gasteiger partial charge < -0.3 is 10.3 Å². The van der Waals surface area contributed by atoms with Crippen molar-refractivity contribution in [3.8, 4) is 0 Å². The lowest BCUT2D eigenvalue weighted by Gasteiger charge is -1.89. The minimum Gasteiger partial charge on any atom is -0.353 e. The summed E-state index contributed by atoms with van der Waals surface area (Å²) in [5, 5.41) is 2.49. The molecule has 48 valence electrons. The minimum absolute atomic E-state index is 0.493. The number of rotatable bonds is 3. The van der Waals surface area contributed by atoms with Gasteiger partial charge in [-0.2, -0.15) is 0 Å². The van der Waals surface area contributed by atoms with E-state index in [-0.39, 0.29) is 0 Å². The summed E-state index contributed by atoms with van der Waals surface area (Å²) in [5.74, 6) is 0. The zero-order chi connectivity index (χ0) is 6.53. The van der Waals surface area contributed by atoms with Gasteiger partial charge in [-0.1, -0.05) is 0 Å². The first-order valence-corrected chi connectivity index (χ1v) is 2.58. The van der Waals surface area contributed by atoms with Crippen LogP contribution in [0.3, 0.4) is 0 Å². The van der Waals surface area contributed by atoms with Crippen molar-refractivity contribution in [1.29, 1.82) is 0 Å². The maximum atomic E-state index is 9.75. The lowest BCUT2D eigenvalue weighted by Crippen LogP contribution is -2.09. The molecule has 0 aliphatic rings. The summed E-state index contributed by atoms with van der Waals surface area (Å²) in [4.78, 5) is 16.4. The highest BCUT2D eigenvalue weighted by molar-refractivity contribution is 5.45. The Labute approximate surface area is 52.3 Å². The number of carbonyl (C=O) groups is 1. The Balaban J connectivity index is 2.38. The molecule has 1 aromatic rings. The molecule has 0 atom stereocenters. The molecule has 0 unspecified atom stereocenters. The van der Waals surface area contributed by atoms with Crippen LogP contribution in [0.2, 0.25) is 0 Å². The molecule has 0 saturated carbocycles. The number of carbonyl (C=O) groups excluding carboxylic acids is 1. The van der Waals surface area contributed by atoms with Crippen LogP contribution in [-0.2, 0) is 11.3 Å². The highest BCUT2D eigenvalue weighted by Gasteiger charge is 1.88. The van der Waals surface area contributed by atoms with E-state index in [1.807, 2.05) is 0 Å². The fourth-order valence-corrected chi connectivity index (χ4v) is 0.534. The maximum Gasteiger partial charge on any atom is 0.207 e. The first-order valence-electron chi connectivity index (χ1n) is 2.58. The number of amides is 1. The van der Waals surface area contributed by atoms with Gasteiger partial charge in [0.15, 0.2) is 0 Å². The van der Waals surface area contributed by atoms with Gasteiger partial charge in [0.05, 0.1) is 18.6 Å². The van der Waals surface area contributed by atoms with E-state index in [1.165, 1.54) is 0 Å². The summed E-state index contributed by atoms with van der Waals surface area (Å²) in [5.41, 5.74) is 0.835. The van der Waals surface area contributed by atoms with Gasteiger partial charge in [0.1, 0.15) is 0 Å². The van der Waals surface area contributed by atoms with Gasteiger partial charge in [0, 0.05) is 6.20 Å². The normalized spacial score (nSPS) is 8.89. The maximum absolute atomic E-state index is 9.75. The fraction of sp³-hybridized carbons (Fsp3) is 0.200. The minimum atomic E-state index is 0.493. The van der Waals surface area contributed by atoms with E-state index in [1.54, 1.807) is 12.5 Å². The topological polar surface area (TPSA) is 57.8 Å². The summed E-state index contributed by atoms with van der Waals surface area (Å²) < 4.78 is 0. The van der Waals surface area contributed by atoms with Crippen molar-refractivity contribution in [2.75, 3.05) is 0 Å². The summed E-state index contributed by atoms with van der Waals surface area (Å²) in [7, 11) is 0. The smallest absolute Gasteiger partial charge is 0.207 e. The second-order valence-corrected chi connectivity index (χ2v) is 1.56. The number of nitrogens with one attached hydrogen (secondary N) is 2. The van der Waals surface area contributed by atoms with Crippen molar-refractivity contribution in [3.63, 3.8) is 0 Å². The standard InChI is InChI=1S/C5H7N3O/c9-4-7-2-5-1-6-3-8-5/h1,3-4H,2H2,(H,6,8)(H,7,9). The molecule has 0 aliphatic carbocycles. The Kier molecular flexibility index (Phi) is 1.85. The summed E-state index contributed by atoms with van der Waals surface area (Å²) >= 11 is 0. The van der Waals surface area contributed by atoms with Crippen LogP contribution in [0.4, 0.5) is 0 Å². The molecule has 4 nitrogen and oxygen atoms in total. The third kappa shape index (κ3) is 1.56. The number of aromatic amines is 1. The van der Waals surface area contributed by atoms with Crippen LogP contribution in [0.1, 0.15) is 5.69 Å². The molecular formula is C5H7N3O. The van der Waals surface area contributed by atoms with E-state index >= 15 is 0 Å². The van der Waals surface area contributed by atoms with Gasteiger partial charge in [0.25, 0.3) is 0 Å². The van der Waals surface area contributed by atoms with Crippen molar-refractivity contribution in [3.05, 3.63) is 18.2 Å². The largest absolute Gasteiger partial charge is 0.353 e. The van der Waals surface area contributed by atoms with E-state index < -0.39 is 0 Å². The Hall–Kier alpha value is -1.32. The average Bonchev–Trinajstić information content (AvgIpc) is 2.34. The van der Waals surface area contributed by atoms with Crippen molar-refractivity contribution < 1.29 is 4.79 Å². The molecule has 1 aromatic heterocycles. The van der Waals surface area contributed by atoms with Gasteiger partial charge in [-0.25, -0.2) is 4.98 Å². The molecule has 0 aliphatic heterocycles. The lowest BCUT2D eigenvalue weighted by atomic mass is 10.5. The summed E-state index contributed by atoms with van der Waals surface area (Å²) in [6.45, 7) is 0.493. The van der Waals surface area contributed by atoms with Crippen molar-refractivity contribution in [2.45, 2.75) is 6.54 Å². The molecule has 0 radical (unpaired) electrons. The molecule has 2 N–H and O–H groups in total. The van der Waals surface area contributed by atoms with Crippen molar-refractivity contribution in [2.24, 2.45) is 0 Å². The van der Waals surface area contributed by atoms with Crippen LogP contribution >= 0.6 is 0 Å². The molecule has 1 amide bonds. The Morgan fingerprint density at radius 3 is 3.33 bits per heavy atom. The molecule has 1 rings (SSSR count). The highest BCUT2D eigenvalue weighted by Crippen LogP contribution is 1.86. The average molecular weight is 125 g/mol. The van der Waals surface area contributed by atoms with Crippen LogP contribution in [0.15, 0.2) is 12.5 Å². The predicted molar refractivity (Wildman–Crippen MR) is 31.5 cm³/mol. The Bertz CT molecular complexity index is 170. The van der Waals surface area contributed by atoms with Crippen LogP contribution < -0.4 is 5.32 Å². The zero-order valence-electron chi connectivity index (χ0n) is 4.79. The predicted octanol–water partition coefficient (Wildman–Crippen LogP) is -0.344. The molecular weight excluding hydrogens is 118 g/mol. The molecule has 9 heavy (non-hydrogen) atoms. The van der Waals surface area contributed by atoms with E-state index in [9.17, 15) is 4.79 Å². The molecule has 0 spiro atoms. The Morgan fingerprint density at radius 2 is 2.78 bits per heavy atom. The SMILES string of the molecule is O=CNCc1c[nH]cn1. The number of imidazole rings is 1. The van der Waals surface area contributed by atoms with E-state index in [4.69, 9.17) is 0 Å². The molecule has 4 heteroatoms. The summed E-state index contributed by atoms with van der Waals surface area (Å²) in [6, 6.07) is 0. The van der Waals surface area contributed by atoms with Gasteiger partial charge in [0.2, 0.25) is 6.41 Å². The van der Waals surface area contributed by atoms with Gasteiger partial charge >= 0.3 is 0 Å². The lowest BCUT2D eigenvalue weighted by molar-refractivity contribution is -0.109. The van der Waals surface area contributed by atoms with Gasteiger partial charge in [-0.3, -0.25) is 4.79 Å². The quantitative estimate of drug-likeness (QED) is 0.543. The Morgan fingerprint density at radius 1 is 1.89 bits per heavy atom. The second kappa shape index (κ2) is 2.86. The number of H-pyrrole nitrogens is 1. The van der Waals surface area contributed by atoms with Crippen LogP contribution in [-0.4, -0.2) is 16.4 Å². The highest BCUT2D eigenvalue weighted by atomic mass is 16.1. The molecule has 0 aromatic carbocycles. The van der Waals surface area contributed by atoms with Crippen molar-refractivity contribution >= 4 is 6.41 Å². The van der Waals surface area contributed by atoms with Crippen LogP contribution in [0.5, 0.6) is 0 Å². The zero-order valence-corrected chi connectivity index (χ0v) is 4.79. The molecule has 0 fully saturated rings. The monoisotopic (exact) mass is 125 g/mol. The number of aromatic nitrogens is 2. The number of nitrogens with zero attached hydrogens (tertiary/aromatic N) is 1. The first kappa shape index (κ1) is 5.81. The molecule has 0 saturated heterocycles. The first-order chi connectivity index (χ1) is 4.43. The van der Waals surface area contributed by atoms with Crippen LogP contribution in [0.25, 0.3) is 0 Å². The van der Waals surface area contributed by atoms with E-state index in [2.05, 4.69) is 15.3 Å². The number of hydrogen-bond donors (Lipinski definition) is 2. The molecule has 0 bridgehead atoms. The second-order valence-electron chi connectivity index (χ2n) is 1.56. The van der Waals surface area contributed by atoms with Crippen LogP contribution in [0, 0.1) is 0 Å². The third-order valence-electron chi connectivity index (χ3n) is 0.921. The van der Waals surface area contributed by atoms with E-state index in [0.29, 0.717) is 13.0 Å².